The number of nitrogens with zero attached hydrogens (tertiary/aromatic N) is 1. The summed E-state index contributed by atoms with van der Waals surface area (Å²) in [6.07, 6.45) is 4.27. The zero-order chi connectivity index (χ0) is 19.9. The molecule has 142 valence electrons. The molecule has 0 saturated carbocycles. The van der Waals surface area contributed by atoms with Gasteiger partial charge in [-0.05, 0) is 47.5 Å². The molecule has 0 heterocycles. The fourth-order valence-electron chi connectivity index (χ4n) is 3.26. The Morgan fingerprint density at radius 1 is 0.552 bits per heavy atom. The molecule has 4 rings (SSSR count). The highest BCUT2D eigenvalue weighted by molar-refractivity contribution is 5.78. The molecule has 0 aromatic heterocycles. The van der Waals surface area contributed by atoms with E-state index in [1.54, 1.807) is 7.11 Å². The third-order valence-electron chi connectivity index (χ3n) is 4.75. The smallest absolute Gasteiger partial charge is 0.120 e. The van der Waals surface area contributed by atoms with Crippen molar-refractivity contribution < 1.29 is 4.74 Å². The topological polar surface area (TPSA) is 12.5 Å². The molecule has 0 atom stereocenters. The summed E-state index contributed by atoms with van der Waals surface area (Å²) in [5.41, 5.74) is 5.62. The number of anilines is 3. The molecule has 2 nitrogen and oxygen atoms in total. The van der Waals surface area contributed by atoms with Crippen LogP contribution < -0.4 is 9.64 Å². The molecule has 0 fully saturated rings. The summed E-state index contributed by atoms with van der Waals surface area (Å²) in [7, 11) is 1.69. The maximum absolute atomic E-state index is 5.43. The van der Waals surface area contributed by atoms with Crippen molar-refractivity contribution in [3.05, 3.63) is 120 Å². The van der Waals surface area contributed by atoms with Crippen molar-refractivity contribution in [1.29, 1.82) is 0 Å². The standard InChI is InChI=1S/C27H23NO/c1-29-27-14-8-13-26(21-27)28(24-11-6-3-7-12-24)25-19-17-23(18-20-25)16-15-22-9-4-2-5-10-22/h2-21H,1H3/b16-15+. The average molecular weight is 377 g/mol. The predicted molar refractivity (Wildman–Crippen MR) is 123 cm³/mol. The molecule has 0 aliphatic rings. The zero-order valence-corrected chi connectivity index (χ0v) is 16.4. The van der Waals surface area contributed by atoms with E-state index in [9.17, 15) is 0 Å². The van der Waals surface area contributed by atoms with Crippen LogP contribution in [0.5, 0.6) is 5.75 Å². The minimum Gasteiger partial charge on any atom is -0.497 e. The molecule has 4 aromatic rings. The summed E-state index contributed by atoms with van der Waals surface area (Å²) in [5, 5.41) is 0. The largest absolute Gasteiger partial charge is 0.497 e. The van der Waals surface area contributed by atoms with E-state index in [-0.39, 0.29) is 0 Å². The van der Waals surface area contributed by atoms with E-state index >= 15 is 0 Å². The lowest BCUT2D eigenvalue weighted by molar-refractivity contribution is 0.415. The van der Waals surface area contributed by atoms with Gasteiger partial charge in [-0.1, -0.05) is 78.9 Å². The summed E-state index contributed by atoms with van der Waals surface area (Å²) >= 11 is 0. The lowest BCUT2D eigenvalue weighted by atomic mass is 10.1. The Morgan fingerprint density at radius 3 is 1.76 bits per heavy atom. The molecular formula is C27H23NO. The van der Waals surface area contributed by atoms with Crippen LogP contribution in [0.15, 0.2) is 109 Å². The fraction of sp³-hybridized carbons (Fsp3) is 0.0370. The van der Waals surface area contributed by atoms with Crippen LogP contribution in [0.3, 0.4) is 0 Å². The van der Waals surface area contributed by atoms with E-state index in [0.717, 1.165) is 28.4 Å². The lowest BCUT2D eigenvalue weighted by Gasteiger charge is -2.25. The summed E-state index contributed by atoms with van der Waals surface area (Å²) in [6, 6.07) is 37.4. The monoisotopic (exact) mass is 377 g/mol. The first-order valence-electron chi connectivity index (χ1n) is 9.66. The Balaban J connectivity index is 1.67. The Kier molecular flexibility index (Phi) is 5.73. The first-order valence-corrected chi connectivity index (χ1v) is 9.66. The van der Waals surface area contributed by atoms with Gasteiger partial charge in [-0.3, -0.25) is 0 Å². The van der Waals surface area contributed by atoms with E-state index in [2.05, 4.69) is 102 Å². The lowest BCUT2D eigenvalue weighted by Crippen LogP contribution is -2.09. The molecule has 0 amide bonds. The van der Waals surface area contributed by atoms with Crippen molar-refractivity contribution in [2.75, 3.05) is 12.0 Å². The summed E-state index contributed by atoms with van der Waals surface area (Å²) in [5.74, 6) is 0.839. The molecular weight excluding hydrogens is 354 g/mol. The van der Waals surface area contributed by atoms with Crippen LogP contribution in [-0.4, -0.2) is 7.11 Å². The molecule has 0 spiro atoms. The van der Waals surface area contributed by atoms with Crippen molar-refractivity contribution >= 4 is 29.2 Å². The molecule has 0 saturated heterocycles. The van der Waals surface area contributed by atoms with E-state index in [1.807, 2.05) is 24.3 Å². The maximum Gasteiger partial charge on any atom is 0.120 e. The highest BCUT2D eigenvalue weighted by Gasteiger charge is 2.12. The van der Waals surface area contributed by atoms with Crippen molar-refractivity contribution in [3.8, 4) is 5.75 Å². The van der Waals surface area contributed by atoms with Crippen LogP contribution in [0.4, 0.5) is 17.1 Å². The van der Waals surface area contributed by atoms with Crippen molar-refractivity contribution in [2.24, 2.45) is 0 Å². The quantitative estimate of drug-likeness (QED) is 0.326. The molecule has 0 radical (unpaired) electrons. The summed E-state index contributed by atoms with van der Waals surface area (Å²) in [4.78, 5) is 2.23. The van der Waals surface area contributed by atoms with Gasteiger partial charge in [0.2, 0.25) is 0 Å². The predicted octanol–water partition coefficient (Wildman–Crippen LogP) is 7.34. The van der Waals surface area contributed by atoms with Gasteiger partial charge in [0, 0.05) is 23.1 Å². The van der Waals surface area contributed by atoms with Gasteiger partial charge in [0.25, 0.3) is 0 Å². The molecule has 0 bridgehead atoms. The first kappa shape index (κ1) is 18.6. The van der Waals surface area contributed by atoms with Gasteiger partial charge in [-0.25, -0.2) is 0 Å². The SMILES string of the molecule is COc1cccc(N(c2ccccc2)c2ccc(/C=C/c3ccccc3)cc2)c1. The molecule has 29 heavy (non-hydrogen) atoms. The van der Waals surface area contributed by atoms with Crippen LogP contribution in [0, 0.1) is 0 Å². The fourth-order valence-corrected chi connectivity index (χ4v) is 3.26. The van der Waals surface area contributed by atoms with E-state index < -0.39 is 0 Å². The summed E-state index contributed by atoms with van der Waals surface area (Å²) in [6.45, 7) is 0. The number of ether oxygens (including phenoxy) is 1. The second kappa shape index (κ2) is 8.94. The van der Waals surface area contributed by atoms with Crippen LogP contribution in [-0.2, 0) is 0 Å². The minimum absolute atomic E-state index is 0.839. The molecule has 4 aromatic carbocycles. The third kappa shape index (κ3) is 4.56. The summed E-state index contributed by atoms with van der Waals surface area (Å²) < 4.78 is 5.43. The van der Waals surface area contributed by atoms with Gasteiger partial charge in [-0.2, -0.15) is 0 Å². The van der Waals surface area contributed by atoms with Gasteiger partial charge in [-0.15, -0.1) is 0 Å². The van der Waals surface area contributed by atoms with Crippen molar-refractivity contribution in [3.63, 3.8) is 0 Å². The van der Waals surface area contributed by atoms with Gasteiger partial charge < -0.3 is 9.64 Å². The molecule has 2 heteroatoms. The van der Waals surface area contributed by atoms with Gasteiger partial charge in [0.1, 0.15) is 5.75 Å². The maximum atomic E-state index is 5.43. The highest BCUT2D eigenvalue weighted by Crippen LogP contribution is 2.35. The Morgan fingerprint density at radius 2 is 1.10 bits per heavy atom. The minimum atomic E-state index is 0.839. The number of hydrogen-bond donors (Lipinski definition) is 0. The van der Waals surface area contributed by atoms with Crippen molar-refractivity contribution in [1.82, 2.24) is 0 Å². The van der Waals surface area contributed by atoms with Crippen molar-refractivity contribution in [2.45, 2.75) is 0 Å². The molecule has 0 aliphatic heterocycles. The van der Waals surface area contributed by atoms with Crippen LogP contribution in [0.1, 0.15) is 11.1 Å². The third-order valence-corrected chi connectivity index (χ3v) is 4.75. The van der Waals surface area contributed by atoms with E-state index in [0.29, 0.717) is 0 Å². The van der Waals surface area contributed by atoms with Gasteiger partial charge in [0.15, 0.2) is 0 Å². The Labute approximate surface area is 172 Å². The van der Waals surface area contributed by atoms with E-state index in [1.165, 1.54) is 5.56 Å². The molecule has 0 unspecified atom stereocenters. The van der Waals surface area contributed by atoms with Gasteiger partial charge >= 0.3 is 0 Å². The van der Waals surface area contributed by atoms with Crippen LogP contribution in [0.25, 0.3) is 12.2 Å². The second-order valence-corrected chi connectivity index (χ2v) is 6.71. The Hall–Kier alpha value is -3.78. The number of methoxy groups -OCH3 is 1. The van der Waals surface area contributed by atoms with E-state index in [4.69, 9.17) is 4.74 Å². The van der Waals surface area contributed by atoms with Gasteiger partial charge in [0.05, 0.1) is 7.11 Å². The molecule has 0 aliphatic carbocycles. The zero-order valence-electron chi connectivity index (χ0n) is 16.4. The normalized spacial score (nSPS) is 10.8. The number of rotatable bonds is 6. The first-order chi connectivity index (χ1) is 14.3. The Bertz CT molecular complexity index is 1070. The number of hydrogen-bond acceptors (Lipinski definition) is 2. The highest BCUT2D eigenvalue weighted by atomic mass is 16.5. The molecule has 0 N–H and O–H groups in total. The number of benzene rings is 4. The van der Waals surface area contributed by atoms with Crippen LogP contribution >= 0.6 is 0 Å². The second-order valence-electron chi connectivity index (χ2n) is 6.71. The average Bonchev–Trinajstić information content (AvgIpc) is 2.80. The number of para-hydroxylation sites is 1. The van der Waals surface area contributed by atoms with Crippen LogP contribution in [0.2, 0.25) is 0 Å².